The molecule has 0 aromatic carbocycles. The average Bonchev–Trinajstić information content (AvgIpc) is 3.03. The Labute approximate surface area is 131 Å². The highest BCUT2D eigenvalue weighted by molar-refractivity contribution is 7.90. The van der Waals surface area contributed by atoms with E-state index in [2.05, 4.69) is 14.9 Å². The number of rotatable bonds is 4. The van der Waals surface area contributed by atoms with E-state index in [4.69, 9.17) is 14.5 Å². The first kappa shape index (κ1) is 16.5. The van der Waals surface area contributed by atoms with Crippen LogP contribution in [0.4, 0.5) is 4.79 Å². The Balaban J connectivity index is 2.49. The summed E-state index contributed by atoms with van der Waals surface area (Å²) in [6, 6.07) is 1.62. The Hall–Kier alpha value is -2.87. The van der Waals surface area contributed by atoms with Crippen molar-refractivity contribution in [1.29, 1.82) is 5.26 Å². The Morgan fingerprint density at radius 2 is 2.17 bits per heavy atom. The molecule has 0 aliphatic carbocycles. The molecule has 2 aromatic heterocycles. The van der Waals surface area contributed by atoms with Crippen molar-refractivity contribution in [1.82, 2.24) is 14.1 Å². The number of hydrogen-bond acceptors (Lipinski definition) is 9. The van der Waals surface area contributed by atoms with Gasteiger partial charge in [-0.25, -0.2) is 17.2 Å². The van der Waals surface area contributed by atoms with E-state index in [0.717, 1.165) is 6.20 Å². The van der Waals surface area contributed by atoms with Crippen LogP contribution in [0.3, 0.4) is 0 Å². The van der Waals surface area contributed by atoms with Crippen molar-refractivity contribution < 1.29 is 27.2 Å². The first-order chi connectivity index (χ1) is 10.8. The monoisotopic (exact) mass is 340 g/mol. The molecular weight excluding hydrogens is 328 g/mol. The van der Waals surface area contributed by atoms with E-state index in [0.29, 0.717) is 3.97 Å². The molecule has 0 amide bonds. The number of aryl methyl sites for hydroxylation is 2. The van der Waals surface area contributed by atoms with Crippen LogP contribution in [0, 0.1) is 25.2 Å². The zero-order valence-electron chi connectivity index (χ0n) is 12.4. The number of aromatic nitrogens is 3. The SMILES string of the molecule is CCOC(=O)Oc1cn(S(=O)(=O)c2c(C)noc2C)c(C#N)n1. The molecule has 122 valence electrons. The van der Waals surface area contributed by atoms with Crippen molar-refractivity contribution in [3.8, 4) is 11.9 Å². The Morgan fingerprint density at radius 1 is 1.48 bits per heavy atom. The zero-order valence-corrected chi connectivity index (χ0v) is 13.2. The lowest BCUT2D eigenvalue weighted by Crippen LogP contribution is -2.15. The van der Waals surface area contributed by atoms with Gasteiger partial charge in [0.1, 0.15) is 11.8 Å². The minimum absolute atomic E-state index is 0.0629. The van der Waals surface area contributed by atoms with Gasteiger partial charge >= 0.3 is 6.16 Å². The van der Waals surface area contributed by atoms with Gasteiger partial charge in [-0.15, -0.1) is 0 Å². The first-order valence-corrected chi connectivity index (χ1v) is 7.77. The molecular formula is C12H12N4O6S. The van der Waals surface area contributed by atoms with Crippen molar-refractivity contribution in [2.24, 2.45) is 0 Å². The quantitative estimate of drug-likeness (QED) is 0.749. The number of carbonyl (C=O) groups excluding carboxylic acids is 1. The van der Waals surface area contributed by atoms with Gasteiger partial charge in [-0.1, -0.05) is 5.16 Å². The number of imidazole rings is 1. The Bertz CT molecular complexity index is 870. The number of nitriles is 1. The van der Waals surface area contributed by atoms with Gasteiger partial charge in [0.05, 0.1) is 12.8 Å². The summed E-state index contributed by atoms with van der Waals surface area (Å²) in [6.07, 6.45) is -0.159. The molecule has 0 spiro atoms. The van der Waals surface area contributed by atoms with Gasteiger partial charge in [0.15, 0.2) is 10.7 Å². The van der Waals surface area contributed by atoms with Gasteiger partial charge < -0.3 is 14.0 Å². The largest absolute Gasteiger partial charge is 0.515 e. The third-order valence-electron chi connectivity index (χ3n) is 2.69. The van der Waals surface area contributed by atoms with E-state index in [1.165, 1.54) is 13.8 Å². The fourth-order valence-corrected chi connectivity index (χ4v) is 3.37. The number of hydrogen-bond donors (Lipinski definition) is 0. The van der Waals surface area contributed by atoms with E-state index < -0.39 is 22.0 Å². The van der Waals surface area contributed by atoms with Crippen LogP contribution in [0.15, 0.2) is 15.6 Å². The second-order valence-corrected chi connectivity index (χ2v) is 6.01. The molecule has 0 unspecified atom stereocenters. The molecule has 23 heavy (non-hydrogen) atoms. The highest BCUT2D eigenvalue weighted by Crippen LogP contribution is 2.24. The summed E-state index contributed by atoms with van der Waals surface area (Å²) in [5, 5.41) is 12.6. The van der Waals surface area contributed by atoms with Crippen LogP contribution in [-0.4, -0.2) is 35.3 Å². The number of ether oxygens (including phenoxy) is 2. The van der Waals surface area contributed by atoms with Crippen molar-refractivity contribution >= 4 is 16.2 Å². The molecule has 0 saturated carbocycles. The maximum Gasteiger partial charge on any atom is 0.515 e. The van der Waals surface area contributed by atoms with Crippen LogP contribution >= 0.6 is 0 Å². The maximum atomic E-state index is 12.6. The van der Waals surface area contributed by atoms with Crippen LogP contribution in [0.2, 0.25) is 0 Å². The van der Waals surface area contributed by atoms with Crippen LogP contribution in [0.25, 0.3) is 0 Å². The summed E-state index contributed by atoms with van der Waals surface area (Å²) in [5.41, 5.74) is 0.132. The highest BCUT2D eigenvalue weighted by atomic mass is 32.2. The molecule has 0 bridgehead atoms. The van der Waals surface area contributed by atoms with Gasteiger partial charge in [0.2, 0.25) is 11.7 Å². The molecule has 0 saturated heterocycles. The normalized spacial score (nSPS) is 11.0. The molecule has 2 heterocycles. The third kappa shape index (κ3) is 3.02. The molecule has 0 atom stereocenters. The summed E-state index contributed by atoms with van der Waals surface area (Å²) in [5.74, 6) is -0.799. The smallest absolute Gasteiger partial charge is 0.434 e. The van der Waals surface area contributed by atoms with E-state index in [1.807, 2.05) is 0 Å². The van der Waals surface area contributed by atoms with Crippen molar-refractivity contribution in [3.05, 3.63) is 23.5 Å². The Kier molecular flexibility index (Phi) is 4.37. The standard InChI is InChI=1S/C12H12N4O6S/c1-4-20-12(17)21-10-6-16(9(5-13)14-10)23(18,19)11-7(2)15-22-8(11)3/h6H,4H2,1-3H3. The van der Waals surface area contributed by atoms with E-state index >= 15 is 0 Å². The lowest BCUT2D eigenvalue weighted by Gasteiger charge is -2.04. The average molecular weight is 340 g/mol. The maximum absolute atomic E-state index is 12.6. The van der Waals surface area contributed by atoms with E-state index in [-0.39, 0.29) is 28.8 Å². The van der Waals surface area contributed by atoms with Crippen molar-refractivity contribution in [2.45, 2.75) is 25.7 Å². The summed E-state index contributed by atoms with van der Waals surface area (Å²) in [7, 11) is -4.18. The van der Waals surface area contributed by atoms with Gasteiger partial charge in [0, 0.05) is 0 Å². The molecule has 11 heteroatoms. The van der Waals surface area contributed by atoms with Gasteiger partial charge in [-0.2, -0.15) is 10.2 Å². The van der Waals surface area contributed by atoms with Gasteiger partial charge in [-0.3, -0.25) is 0 Å². The Morgan fingerprint density at radius 3 is 2.70 bits per heavy atom. The first-order valence-electron chi connectivity index (χ1n) is 6.33. The fraction of sp³-hybridized carbons (Fsp3) is 0.333. The minimum Gasteiger partial charge on any atom is -0.434 e. The lowest BCUT2D eigenvalue weighted by atomic mass is 10.4. The number of nitrogens with zero attached hydrogens (tertiary/aromatic N) is 4. The van der Waals surface area contributed by atoms with Crippen LogP contribution in [0.5, 0.6) is 5.88 Å². The second kappa shape index (κ2) is 6.09. The predicted molar refractivity (Wildman–Crippen MR) is 73.2 cm³/mol. The van der Waals surface area contributed by atoms with Gasteiger partial charge in [-0.05, 0) is 20.8 Å². The van der Waals surface area contributed by atoms with Crippen LogP contribution in [0.1, 0.15) is 24.2 Å². The molecule has 2 rings (SSSR count). The molecule has 10 nitrogen and oxygen atoms in total. The summed E-state index contributed by atoms with van der Waals surface area (Å²) >= 11 is 0. The topological polar surface area (TPSA) is 137 Å². The second-order valence-electron chi connectivity index (χ2n) is 4.25. The number of carbonyl (C=O) groups is 1. The molecule has 0 aliphatic rings. The van der Waals surface area contributed by atoms with E-state index in [1.54, 1.807) is 13.0 Å². The molecule has 0 aliphatic heterocycles. The molecule has 0 radical (unpaired) electrons. The third-order valence-corrected chi connectivity index (χ3v) is 4.58. The predicted octanol–water partition coefficient (Wildman–Crippen LogP) is 1.13. The van der Waals surface area contributed by atoms with E-state index in [9.17, 15) is 13.2 Å². The summed E-state index contributed by atoms with van der Waals surface area (Å²) in [6.45, 7) is 4.51. The molecule has 2 aromatic rings. The van der Waals surface area contributed by atoms with Crippen molar-refractivity contribution in [2.75, 3.05) is 6.61 Å². The van der Waals surface area contributed by atoms with Gasteiger partial charge in [0.25, 0.3) is 10.0 Å². The van der Waals surface area contributed by atoms with Crippen LogP contribution in [-0.2, 0) is 14.8 Å². The molecule has 0 fully saturated rings. The molecule has 0 N–H and O–H groups in total. The summed E-state index contributed by atoms with van der Waals surface area (Å²) < 4.78 is 40.0. The minimum atomic E-state index is -4.18. The lowest BCUT2D eigenvalue weighted by molar-refractivity contribution is 0.103. The zero-order chi connectivity index (χ0) is 17.2. The summed E-state index contributed by atoms with van der Waals surface area (Å²) in [4.78, 5) is 14.7. The highest BCUT2D eigenvalue weighted by Gasteiger charge is 2.29. The van der Waals surface area contributed by atoms with Crippen LogP contribution < -0.4 is 4.74 Å². The van der Waals surface area contributed by atoms with Crippen molar-refractivity contribution in [3.63, 3.8) is 0 Å². The fourth-order valence-electron chi connectivity index (χ4n) is 1.82.